The highest BCUT2D eigenvalue weighted by Crippen LogP contribution is 2.40. The number of aliphatic hydroxyl groups is 1. The van der Waals surface area contributed by atoms with Crippen LogP contribution < -0.4 is 10.2 Å². The van der Waals surface area contributed by atoms with Gasteiger partial charge in [0.25, 0.3) is 0 Å². The van der Waals surface area contributed by atoms with Gasteiger partial charge in [-0.2, -0.15) is 0 Å². The van der Waals surface area contributed by atoms with Crippen molar-refractivity contribution in [1.29, 1.82) is 0 Å². The van der Waals surface area contributed by atoms with Gasteiger partial charge in [-0.3, -0.25) is 15.0 Å². The molecule has 1 aliphatic heterocycles. The number of halogens is 4. The molecule has 0 aliphatic carbocycles. The molecule has 4 rings (SSSR count). The summed E-state index contributed by atoms with van der Waals surface area (Å²) in [4.78, 5) is 19.2. The van der Waals surface area contributed by atoms with E-state index in [0.717, 1.165) is 18.3 Å². The van der Waals surface area contributed by atoms with Crippen molar-refractivity contribution in [2.24, 2.45) is 5.41 Å². The molecule has 1 amide bonds. The van der Waals surface area contributed by atoms with Gasteiger partial charge in [0.05, 0.1) is 30.3 Å². The maximum Gasteiger partial charge on any atom is 0.249 e. The third kappa shape index (κ3) is 6.46. The van der Waals surface area contributed by atoms with Crippen molar-refractivity contribution >= 4 is 28.6 Å². The molecular weight excluding hydrogens is 538 g/mol. The second-order valence-electron chi connectivity index (χ2n) is 9.57. The van der Waals surface area contributed by atoms with Crippen LogP contribution in [0.15, 0.2) is 41.4 Å². The number of thioether (sulfide) groups is 1. The Hall–Kier alpha value is -2.93. The Bertz CT molecular complexity index is 1310. The zero-order chi connectivity index (χ0) is 28.2. The number of hydroxylamine groups is 1. The number of carbonyl (C=O) groups excluding carboxylic acids is 1. The number of fused-ring (bicyclic) bond motifs is 1. The van der Waals surface area contributed by atoms with E-state index in [4.69, 9.17) is 4.74 Å². The summed E-state index contributed by atoms with van der Waals surface area (Å²) in [5.41, 5.74) is 1.33. The topological polar surface area (TPSA) is 94.9 Å². The van der Waals surface area contributed by atoms with Crippen LogP contribution >= 0.6 is 11.8 Å². The Labute approximate surface area is 227 Å². The minimum atomic E-state index is -1.50. The van der Waals surface area contributed by atoms with Crippen molar-refractivity contribution < 1.29 is 37.4 Å². The predicted octanol–water partition coefficient (Wildman–Crippen LogP) is 4.99. The highest BCUT2D eigenvalue weighted by atomic mass is 32.2. The third-order valence-electron chi connectivity index (χ3n) is 7.33. The average Bonchev–Trinajstić information content (AvgIpc) is 2.94. The number of methoxy groups -OCH3 is 1. The number of hydrogen-bond acceptors (Lipinski definition) is 7. The van der Waals surface area contributed by atoms with Gasteiger partial charge in [0.15, 0.2) is 17.5 Å². The van der Waals surface area contributed by atoms with Gasteiger partial charge in [-0.25, -0.2) is 23.0 Å². The summed E-state index contributed by atoms with van der Waals surface area (Å²) in [5.74, 6) is -4.24. The lowest BCUT2D eigenvalue weighted by Crippen LogP contribution is -2.48. The molecule has 3 aromatic rings. The summed E-state index contributed by atoms with van der Waals surface area (Å²) in [6.07, 6.45) is 0.850. The Balaban J connectivity index is 1.39. The zero-order valence-corrected chi connectivity index (χ0v) is 22.0. The number of carbonyl (C=O) groups is 1. The van der Waals surface area contributed by atoms with Gasteiger partial charge in [-0.15, -0.1) is 11.8 Å². The molecule has 210 valence electrons. The molecule has 1 atom stereocenters. The third-order valence-corrected chi connectivity index (χ3v) is 8.28. The van der Waals surface area contributed by atoms with Crippen LogP contribution in [0.25, 0.3) is 10.9 Å². The van der Waals surface area contributed by atoms with Gasteiger partial charge in [0.1, 0.15) is 11.6 Å². The molecule has 2 aromatic carbocycles. The fraction of sp³-hybridized carbons (Fsp3) is 0.407. The van der Waals surface area contributed by atoms with E-state index in [1.54, 1.807) is 23.7 Å². The first-order valence-corrected chi connectivity index (χ1v) is 13.4. The van der Waals surface area contributed by atoms with Gasteiger partial charge < -0.3 is 14.7 Å². The number of nitrogens with one attached hydrogen (secondary N) is 1. The van der Waals surface area contributed by atoms with Gasteiger partial charge >= 0.3 is 0 Å². The molecular formula is C27H29F4N3O4S. The molecule has 1 aromatic heterocycles. The number of piperidine rings is 1. The SMILES string of the molecule is COc1ccc2ncc(F)c([C@H](O)CCC3(C(=O)NO)CCN(CCSc4cc(F)c(F)c(F)c4)CC3)c2c1. The molecule has 2 heterocycles. The molecule has 7 nitrogen and oxygen atoms in total. The lowest BCUT2D eigenvalue weighted by atomic mass is 9.73. The minimum Gasteiger partial charge on any atom is -0.497 e. The lowest BCUT2D eigenvalue weighted by Gasteiger charge is -2.40. The normalized spacial score (nSPS) is 16.3. The summed E-state index contributed by atoms with van der Waals surface area (Å²) in [7, 11) is 1.48. The van der Waals surface area contributed by atoms with Crippen molar-refractivity contribution in [2.75, 3.05) is 32.5 Å². The van der Waals surface area contributed by atoms with Crippen LogP contribution in [0, 0.1) is 28.7 Å². The lowest BCUT2D eigenvalue weighted by molar-refractivity contribution is -0.143. The van der Waals surface area contributed by atoms with Gasteiger partial charge in [0.2, 0.25) is 5.91 Å². The first kappa shape index (κ1) is 29.1. The minimum absolute atomic E-state index is 0.0677. The largest absolute Gasteiger partial charge is 0.497 e. The molecule has 0 spiro atoms. The number of nitrogens with zero attached hydrogens (tertiary/aromatic N) is 2. The number of amides is 1. The number of aliphatic hydroxyl groups excluding tert-OH is 1. The van der Waals surface area contributed by atoms with Crippen LogP contribution in [0.1, 0.15) is 37.4 Å². The maximum absolute atomic E-state index is 14.8. The number of benzene rings is 2. The van der Waals surface area contributed by atoms with Crippen molar-refractivity contribution in [3.05, 3.63) is 65.4 Å². The van der Waals surface area contributed by atoms with Crippen molar-refractivity contribution in [3.8, 4) is 5.75 Å². The molecule has 1 fully saturated rings. The molecule has 0 bridgehead atoms. The van der Waals surface area contributed by atoms with Gasteiger partial charge in [0, 0.05) is 28.1 Å². The van der Waals surface area contributed by atoms with Crippen LogP contribution in [0.5, 0.6) is 5.75 Å². The molecule has 3 N–H and O–H groups in total. The summed E-state index contributed by atoms with van der Waals surface area (Å²) in [5, 5.41) is 20.8. The monoisotopic (exact) mass is 567 g/mol. The van der Waals surface area contributed by atoms with Crippen molar-refractivity contribution in [1.82, 2.24) is 15.4 Å². The fourth-order valence-corrected chi connectivity index (χ4v) is 5.97. The number of hydrogen-bond donors (Lipinski definition) is 3. The predicted molar refractivity (Wildman–Crippen MR) is 138 cm³/mol. The smallest absolute Gasteiger partial charge is 0.249 e. The van der Waals surface area contributed by atoms with E-state index >= 15 is 0 Å². The maximum atomic E-state index is 14.8. The second kappa shape index (κ2) is 12.5. The second-order valence-corrected chi connectivity index (χ2v) is 10.7. The molecule has 0 saturated carbocycles. The standard InChI is InChI=1S/C27H29F4N3O4S/c1-38-16-2-3-22-18(12-16)24(21(30)15-32-22)23(35)4-5-27(26(36)33-37)6-8-34(9-7-27)10-11-39-17-13-19(28)25(31)20(29)14-17/h2-3,12-15,23,35,37H,4-11H2,1H3,(H,33,36)/t23-/m1/s1. The van der Waals surface area contributed by atoms with E-state index in [2.05, 4.69) is 9.88 Å². The van der Waals surface area contributed by atoms with E-state index in [1.807, 2.05) is 0 Å². The Morgan fingerprint density at radius 3 is 2.49 bits per heavy atom. The van der Waals surface area contributed by atoms with Crippen molar-refractivity contribution in [2.45, 2.75) is 36.7 Å². The van der Waals surface area contributed by atoms with Crippen LogP contribution in [0.2, 0.25) is 0 Å². The van der Waals surface area contributed by atoms with E-state index in [1.165, 1.54) is 18.9 Å². The number of pyridine rings is 1. The summed E-state index contributed by atoms with van der Waals surface area (Å²) in [6, 6.07) is 6.86. The number of aromatic nitrogens is 1. The molecule has 0 radical (unpaired) electrons. The first-order valence-electron chi connectivity index (χ1n) is 12.4. The number of likely N-dealkylation sites (tertiary alicyclic amines) is 1. The highest BCUT2D eigenvalue weighted by Gasteiger charge is 2.41. The molecule has 1 saturated heterocycles. The number of ether oxygens (including phenoxy) is 1. The summed E-state index contributed by atoms with van der Waals surface area (Å²) >= 11 is 1.19. The highest BCUT2D eigenvalue weighted by molar-refractivity contribution is 7.99. The van der Waals surface area contributed by atoms with Gasteiger partial charge in [-0.1, -0.05) is 0 Å². The molecule has 1 aliphatic rings. The Kier molecular flexibility index (Phi) is 9.31. The Morgan fingerprint density at radius 1 is 1.15 bits per heavy atom. The first-order chi connectivity index (χ1) is 18.7. The van der Waals surface area contributed by atoms with E-state index in [0.29, 0.717) is 54.9 Å². The van der Waals surface area contributed by atoms with Crippen LogP contribution in [-0.4, -0.2) is 58.6 Å². The molecule has 0 unspecified atom stereocenters. The van der Waals surface area contributed by atoms with E-state index in [9.17, 15) is 32.7 Å². The molecule has 12 heteroatoms. The van der Waals surface area contributed by atoms with Crippen molar-refractivity contribution in [3.63, 3.8) is 0 Å². The summed E-state index contributed by atoms with van der Waals surface area (Å²) < 4.78 is 60.1. The number of rotatable bonds is 10. The van der Waals surface area contributed by atoms with Crippen LogP contribution in [-0.2, 0) is 4.79 Å². The zero-order valence-electron chi connectivity index (χ0n) is 21.2. The van der Waals surface area contributed by atoms with E-state index in [-0.39, 0.29) is 23.3 Å². The fourth-order valence-electron chi connectivity index (χ4n) is 5.01. The van der Waals surface area contributed by atoms with Crippen LogP contribution in [0.3, 0.4) is 0 Å². The van der Waals surface area contributed by atoms with Gasteiger partial charge in [-0.05, 0) is 69.1 Å². The van der Waals surface area contributed by atoms with E-state index < -0.39 is 40.7 Å². The Morgan fingerprint density at radius 2 is 1.85 bits per heavy atom. The quantitative estimate of drug-likeness (QED) is 0.104. The molecule has 39 heavy (non-hydrogen) atoms. The summed E-state index contributed by atoms with van der Waals surface area (Å²) in [6.45, 7) is 1.56. The average molecular weight is 568 g/mol. The van der Waals surface area contributed by atoms with Crippen LogP contribution in [0.4, 0.5) is 17.6 Å².